The zero-order chi connectivity index (χ0) is 17.8. The van der Waals surface area contributed by atoms with E-state index in [0.29, 0.717) is 5.92 Å². The van der Waals surface area contributed by atoms with Crippen molar-refractivity contribution >= 4 is 48.7 Å². The molecule has 1 unspecified atom stereocenters. The molecule has 2 heterocycles. The van der Waals surface area contributed by atoms with Crippen molar-refractivity contribution in [3.8, 4) is 0 Å². The second-order valence-corrected chi connectivity index (χ2v) is 11.0. The Balaban J connectivity index is 1.71. The van der Waals surface area contributed by atoms with Gasteiger partial charge >= 0.3 is 5.97 Å². The van der Waals surface area contributed by atoms with Crippen molar-refractivity contribution in [3.05, 3.63) is 30.0 Å². The quantitative estimate of drug-likeness (QED) is 0.617. The smallest absolute Gasteiger partial charge is 0.354 e. The molecule has 2 fully saturated rings. The molecule has 5 nitrogen and oxygen atoms in total. The van der Waals surface area contributed by atoms with Gasteiger partial charge in [0.05, 0.1) is 5.52 Å². The molecule has 0 spiro atoms. The third-order valence-electron chi connectivity index (χ3n) is 5.08. The number of rotatable bonds is 5. The number of benzene rings is 1. The highest BCUT2D eigenvalue weighted by Crippen LogP contribution is 2.46. The molecule has 1 aliphatic carbocycles. The predicted molar refractivity (Wildman–Crippen MR) is 107 cm³/mol. The van der Waals surface area contributed by atoms with Crippen LogP contribution in [0.3, 0.4) is 0 Å². The molecule has 2 aromatic rings. The van der Waals surface area contributed by atoms with Crippen LogP contribution in [0.1, 0.15) is 23.3 Å². The number of hydrogen-bond acceptors (Lipinski definition) is 5. The van der Waals surface area contributed by atoms with E-state index in [4.69, 9.17) is 5.73 Å². The van der Waals surface area contributed by atoms with E-state index in [1.807, 2.05) is 12.1 Å². The van der Waals surface area contributed by atoms with Gasteiger partial charge in [0.15, 0.2) is 5.69 Å². The first-order valence-corrected chi connectivity index (χ1v) is 11.4. The fourth-order valence-corrected chi connectivity index (χ4v) is 5.28. The molecule has 0 radical (unpaired) electrons. The molecule has 132 valence electrons. The van der Waals surface area contributed by atoms with E-state index in [9.17, 15) is 9.90 Å². The Morgan fingerprint density at radius 3 is 2.76 bits per heavy atom. The van der Waals surface area contributed by atoms with Crippen LogP contribution in [0.15, 0.2) is 29.2 Å². The molecule has 1 saturated carbocycles. The van der Waals surface area contributed by atoms with Gasteiger partial charge in [-0.3, -0.25) is 0 Å². The van der Waals surface area contributed by atoms with Crippen LogP contribution < -0.4 is 10.6 Å². The Bertz CT molecular complexity index is 889. The lowest BCUT2D eigenvalue weighted by atomic mass is 9.89. The van der Waals surface area contributed by atoms with Gasteiger partial charge in [0.2, 0.25) is 0 Å². The maximum atomic E-state index is 11.5. The Morgan fingerprint density at radius 2 is 2.16 bits per heavy atom. The highest BCUT2D eigenvalue weighted by Gasteiger charge is 2.50. The summed E-state index contributed by atoms with van der Waals surface area (Å²) in [5.41, 5.74) is 8.09. The van der Waals surface area contributed by atoms with Gasteiger partial charge in [-0.05, 0) is 43.4 Å². The number of fused-ring (bicyclic) bond motifs is 1. The highest BCUT2D eigenvalue weighted by atomic mass is 33.1. The van der Waals surface area contributed by atoms with Crippen LogP contribution in [0.4, 0.5) is 5.69 Å². The lowest BCUT2D eigenvalue weighted by Gasteiger charge is -2.44. The Hall–Kier alpha value is -1.57. The van der Waals surface area contributed by atoms with Gasteiger partial charge in [-0.2, -0.15) is 0 Å². The molecule has 2 aliphatic rings. The van der Waals surface area contributed by atoms with Crippen LogP contribution in [0.2, 0.25) is 0 Å². The third-order valence-corrected chi connectivity index (χ3v) is 7.24. The van der Waals surface area contributed by atoms with Crippen LogP contribution >= 0.6 is 20.3 Å². The topological polar surface area (TPSA) is 79.5 Å². The zero-order valence-electron chi connectivity index (χ0n) is 14.1. The zero-order valence-corrected chi connectivity index (χ0v) is 15.7. The second-order valence-electron chi connectivity index (χ2n) is 7.00. The van der Waals surface area contributed by atoms with Crippen molar-refractivity contribution in [3.63, 3.8) is 0 Å². The maximum absolute atomic E-state index is 11.5. The SMILES string of the molecule is C=S(C)Sc1ccc2c(N3CC(C4(N)CC4)C3)cc(C(=O)O)nc2c1. The lowest BCUT2D eigenvalue weighted by Crippen LogP contribution is -2.56. The van der Waals surface area contributed by atoms with Crippen LogP contribution in [0.5, 0.6) is 0 Å². The van der Waals surface area contributed by atoms with Gasteiger partial charge in [-0.25, -0.2) is 9.78 Å². The summed E-state index contributed by atoms with van der Waals surface area (Å²) in [6.07, 6.45) is 4.27. The summed E-state index contributed by atoms with van der Waals surface area (Å²) in [6.45, 7) is 1.78. The van der Waals surface area contributed by atoms with E-state index >= 15 is 0 Å². The predicted octanol–water partition coefficient (Wildman–Crippen LogP) is 3.20. The first-order valence-electron chi connectivity index (χ1n) is 8.22. The molecule has 4 rings (SSSR count). The van der Waals surface area contributed by atoms with Crippen LogP contribution in [-0.4, -0.2) is 46.8 Å². The number of aromatic carboxylic acids is 1. The summed E-state index contributed by atoms with van der Waals surface area (Å²) in [7, 11) is 1.63. The van der Waals surface area contributed by atoms with Crippen molar-refractivity contribution in [1.82, 2.24) is 4.98 Å². The number of nitrogens with zero attached hydrogens (tertiary/aromatic N) is 2. The number of carbonyl (C=O) groups is 1. The monoisotopic (exact) mass is 375 g/mol. The van der Waals surface area contributed by atoms with Gasteiger partial charge in [-0.1, -0.05) is 16.7 Å². The molecule has 1 saturated heterocycles. The summed E-state index contributed by atoms with van der Waals surface area (Å²) in [4.78, 5) is 19.1. The van der Waals surface area contributed by atoms with Crippen molar-refractivity contribution in [2.24, 2.45) is 11.7 Å². The summed E-state index contributed by atoms with van der Waals surface area (Å²) in [6, 6.07) is 7.76. The first-order chi connectivity index (χ1) is 11.9. The minimum absolute atomic E-state index is 0.0178. The number of carboxylic acid groups (broad SMARTS) is 1. The molecule has 0 bridgehead atoms. The molecule has 3 N–H and O–H groups in total. The molecule has 25 heavy (non-hydrogen) atoms. The minimum atomic E-state index is -0.997. The van der Waals surface area contributed by atoms with Gasteiger partial charge < -0.3 is 15.7 Å². The molecule has 1 aliphatic heterocycles. The number of carboxylic acids is 1. The molecule has 0 amide bonds. The van der Waals surface area contributed by atoms with Gasteiger partial charge in [0, 0.05) is 40.5 Å². The lowest BCUT2D eigenvalue weighted by molar-refractivity contribution is 0.0691. The Labute approximate surface area is 152 Å². The standard InChI is InChI=1S/C18H21N3O2S2/c1-25(2)24-12-3-4-13-14(7-12)20-15(17(22)23)8-16(13)21-9-11(10-21)18(19)5-6-18/h3-4,7-8,11H,1,5-6,9-10,19H2,2H3,(H,22,23). The van der Waals surface area contributed by atoms with Crippen molar-refractivity contribution in [2.45, 2.75) is 23.3 Å². The van der Waals surface area contributed by atoms with E-state index < -0.39 is 5.97 Å². The minimum Gasteiger partial charge on any atom is -0.477 e. The van der Waals surface area contributed by atoms with E-state index in [-0.39, 0.29) is 20.7 Å². The van der Waals surface area contributed by atoms with Crippen molar-refractivity contribution < 1.29 is 9.90 Å². The van der Waals surface area contributed by atoms with Crippen molar-refractivity contribution in [2.75, 3.05) is 24.2 Å². The Kier molecular flexibility index (Phi) is 4.05. The van der Waals surface area contributed by atoms with Gasteiger partial charge in [0.25, 0.3) is 0 Å². The van der Waals surface area contributed by atoms with E-state index in [2.05, 4.69) is 28.1 Å². The van der Waals surface area contributed by atoms with E-state index in [1.165, 1.54) is 0 Å². The molecule has 1 atom stereocenters. The Morgan fingerprint density at radius 1 is 1.44 bits per heavy atom. The fourth-order valence-electron chi connectivity index (χ4n) is 3.37. The van der Waals surface area contributed by atoms with Crippen LogP contribution in [0, 0.1) is 5.92 Å². The molecular weight excluding hydrogens is 354 g/mol. The number of hydrogen-bond donors (Lipinski definition) is 2. The second kappa shape index (κ2) is 6.00. The summed E-state index contributed by atoms with van der Waals surface area (Å²) in [5, 5.41) is 10.4. The average molecular weight is 376 g/mol. The number of anilines is 1. The summed E-state index contributed by atoms with van der Waals surface area (Å²) < 4.78 is 0. The number of pyridine rings is 1. The molecule has 1 aromatic carbocycles. The molecule has 1 aromatic heterocycles. The normalized spacial score (nSPS) is 20.3. The molecule has 7 heteroatoms. The van der Waals surface area contributed by atoms with Gasteiger partial charge in [0.1, 0.15) is 0 Å². The fraction of sp³-hybridized carbons (Fsp3) is 0.389. The van der Waals surface area contributed by atoms with E-state index in [0.717, 1.165) is 47.4 Å². The number of aromatic nitrogens is 1. The number of nitrogens with two attached hydrogens (primary N) is 1. The van der Waals surface area contributed by atoms with Crippen LogP contribution in [0.25, 0.3) is 10.9 Å². The first kappa shape index (κ1) is 16.9. The molecular formula is C18H21N3O2S2. The third kappa shape index (κ3) is 3.16. The largest absolute Gasteiger partial charge is 0.477 e. The van der Waals surface area contributed by atoms with E-state index in [1.54, 1.807) is 16.9 Å². The summed E-state index contributed by atoms with van der Waals surface area (Å²) in [5.74, 6) is 3.53. The van der Waals surface area contributed by atoms with Crippen molar-refractivity contribution in [1.29, 1.82) is 0 Å². The average Bonchev–Trinajstić information content (AvgIpc) is 3.22. The maximum Gasteiger partial charge on any atom is 0.354 e. The van der Waals surface area contributed by atoms with Gasteiger partial charge in [-0.15, -0.1) is 9.52 Å². The van der Waals surface area contributed by atoms with Crippen LogP contribution in [-0.2, 0) is 0 Å². The highest BCUT2D eigenvalue weighted by molar-refractivity contribution is 8.83. The summed E-state index contributed by atoms with van der Waals surface area (Å²) >= 11 is 0.